The predicted molar refractivity (Wildman–Crippen MR) is 93.4 cm³/mol. The van der Waals surface area contributed by atoms with E-state index < -0.39 is 17.8 Å². The summed E-state index contributed by atoms with van der Waals surface area (Å²) in [5, 5.41) is 3.18. The van der Waals surface area contributed by atoms with Gasteiger partial charge in [-0.05, 0) is 5.56 Å². The lowest BCUT2D eigenvalue weighted by molar-refractivity contribution is -0.154. The molecular formula is C19H26N2O4. The van der Waals surface area contributed by atoms with Crippen LogP contribution in [0.1, 0.15) is 32.8 Å². The third-order valence-corrected chi connectivity index (χ3v) is 4.37. The lowest BCUT2D eigenvalue weighted by atomic mass is 9.92. The van der Waals surface area contributed by atoms with Gasteiger partial charge >= 0.3 is 5.97 Å². The molecule has 0 aliphatic carbocycles. The van der Waals surface area contributed by atoms with Gasteiger partial charge in [-0.1, -0.05) is 51.1 Å². The van der Waals surface area contributed by atoms with E-state index in [-0.39, 0.29) is 30.9 Å². The first-order chi connectivity index (χ1) is 11.9. The van der Waals surface area contributed by atoms with Gasteiger partial charge < -0.3 is 10.1 Å². The van der Waals surface area contributed by atoms with Crippen molar-refractivity contribution in [2.45, 2.75) is 39.8 Å². The van der Waals surface area contributed by atoms with E-state index in [1.54, 1.807) is 6.92 Å². The molecule has 1 fully saturated rings. The van der Waals surface area contributed by atoms with Crippen molar-refractivity contribution in [1.82, 2.24) is 10.2 Å². The van der Waals surface area contributed by atoms with E-state index >= 15 is 0 Å². The van der Waals surface area contributed by atoms with Gasteiger partial charge in [0.15, 0.2) is 0 Å². The summed E-state index contributed by atoms with van der Waals surface area (Å²) in [6.45, 7) is 6.70. The van der Waals surface area contributed by atoms with Gasteiger partial charge in [0.05, 0.1) is 11.8 Å². The third kappa shape index (κ3) is 5.13. The molecule has 2 unspecified atom stereocenters. The minimum Gasteiger partial charge on any atom is -0.461 e. The minimum absolute atomic E-state index is 0.0715. The van der Waals surface area contributed by atoms with E-state index in [1.807, 2.05) is 44.2 Å². The highest BCUT2D eigenvalue weighted by molar-refractivity contribution is 6.05. The number of hydrogen-bond donors (Lipinski definition) is 1. The second-order valence-corrected chi connectivity index (χ2v) is 6.69. The maximum Gasteiger partial charge on any atom is 0.309 e. The summed E-state index contributed by atoms with van der Waals surface area (Å²) in [7, 11) is 0. The first-order valence-corrected chi connectivity index (χ1v) is 8.68. The first-order valence-electron chi connectivity index (χ1n) is 8.68. The average molecular weight is 346 g/mol. The van der Waals surface area contributed by atoms with Crippen molar-refractivity contribution >= 4 is 17.8 Å². The Morgan fingerprint density at radius 1 is 1.24 bits per heavy atom. The van der Waals surface area contributed by atoms with Gasteiger partial charge in [0, 0.05) is 25.6 Å². The van der Waals surface area contributed by atoms with Crippen LogP contribution in [0.25, 0.3) is 0 Å². The zero-order valence-electron chi connectivity index (χ0n) is 15.0. The predicted octanol–water partition coefficient (Wildman–Crippen LogP) is 1.74. The van der Waals surface area contributed by atoms with Crippen LogP contribution >= 0.6 is 0 Å². The van der Waals surface area contributed by atoms with Gasteiger partial charge in [-0.25, -0.2) is 0 Å². The molecule has 0 radical (unpaired) electrons. The number of nitrogens with one attached hydrogen (secondary N) is 1. The quantitative estimate of drug-likeness (QED) is 0.573. The Kier molecular flexibility index (Phi) is 6.70. The molecular weight excluding hydrogens is 320 g/mol. The summed E-state index contributed by atoms with van der Waals surface area (Å²) in [5.41, 5.74) is 0.887. The average Bonchev–Trinajstić information content (AvgIpc) is 2.87. The Morgan fingerprint density at radius 2 is 1.92 bits per heavy atom. The zero-order valence-corrected chi connectivity index (χ0v) is 15.0. The number of likely N-dealkylation sites (tertiary alicyclic amines) is 1. The molecule has 136 valence electrons. The molecule has 1 aliphatic heterocycles. The van der Waals surface area contributed by atoms with Gasteiger partial charge in [0.25, 0.3) is 0 Å². The number of benzene rings is 1. The highest BCUT2D eigenvalue weighted by Crippen LogP contribution is 2.27. The van der Waals surface area contributed by atoms with E-state index in [1.165, 1.54) is 4.90 Å². The molecule has 1 aromatic carbocycles. The Balaban J connectivity index is 1.88. The fraction of sp³-hybridized carbons (Fsp3) is 0.526. The lowest BCUT2D eigenvalue weighted by Crippen LogP contribution is -2.39. The fourth-order valence-corrected chi connectivity index (χ4v) is 2.82. The van der Waals surface area contributed by atoms with Crippen LogP contribution in [-0.4, -0.2) is 41.8 Å². The van der Waals surface area contributed by atoms with Gasteiger partial charge in [0.1, 0.15) is 6.61 Å². The SMILES string of the molecule is CC(C)NCCN1C(=O)CC(C(C)C(=O)OCc2ccccc2)C1=O. The van der Waals surface area contributed by atoms with Crippen LogP contribution in [0.5, 0.6) is 0 Å². The van der Waals surface area contributed by atoms with Crippen molar-refractivity contribution in [3.05, 3.63) is 35.9 Å². The number of carbonyl (C=O) groups excluding carboxylic acids is 3. The molecule has 1 aliphatic rings. The molecule has 2 amide bonds. The number of imide groups is 1. The second kappa shape index (κ2) is 8.76. The number of amides is 2. The van der Waals surface area contributed by atoms with Crippen LogP contribution in [0, 0.1) is 11.8 Å². The molecule has 1 saturated heterocycles. The van der Waals surface area contributed by atoms with Crippen molar-refractivity contribution < 1.29 is 19.1 Å². The topological polar surface area (TPSA) is 75.7 Å². The van der Waals surface area contributed by atoms with Crippen LogP contribution < -0.4 is 5.32 Å². The smallest absolute Gasteiger partial charge is 0.309 e. The monoisotopic (exact) mass is 346 g/mol. The van der Waals surface area contributed by atoms with Crippen LogP contribution in [-0.2, 0) is 25.7 Å². The maximum absolute atomic E-state index is 12.5. The zero-order chi connectivity index (χ0) is 18.4. The highest BCUT2D eigenvalue weighted by Gasteiger charge is 2.43. The summed E-state index contributed by atoms with van der Waals surface area (Å²) in [6, 6.07) is 9.65. The highest BCUT2D eigenvalue weighted by atomic mass is 16.5. The molecule has 0 bridgehead atoms. The number of carbonyl (C=O) groups is 3. The molecule has 25 heavy (non-hydrogen) atoms. The molecule has 1 aromatic rings. The molecule has 0 spiro atoms. The van der Waals surface area contributed by atoms with E-state index in [0.717, 1.165) is 5.56 Å². The summed E-state index contributed by atoms with van der Waals surface area (Å²) in [4.78, 5) is 38.1. The first kappa shape index (κ1) is 19.1. The Bertz CT molecular complexity index is 615. The van der Waals surface area contributed by atoms with Crippen molar-refractivity contribution in [2.75, 3.05) is 13.1 Å². The van der Waals surface area contributed by atoms with Crippen LogP contribution in [0.3, 0.4) is 0 Å². The van der Waals surface area contributed by atoms with Gasteiger partial charge in [-0.2, -0.15) is 0 Å². The summed E-state index contributed by atoms with van der Waals surface area (Å²) >= 11 is 0. The molecule has 1 heterocycles. The molecule has 2 atom stereocenters. The van der Waals surface area contributed by atoms with E-state index in [4.69, 9.17) is 4.74 Å². The number of nitrogens with zero attached hydrogens (tertiary/aromatic N) is 1. The van der Waals surface area contributed by atoms with Gasteiger partial charge in [-0.3, -0.25) is 19.3 Å². The Hall–Kier alpha value is -2.21. The fourth-order valence-electron chi connectivity index (χ4n) is 2.82. The van der Waals surface area contributed by atoms with Crippen molar-refractivity contribution in [2.24, 2.45) is 11.8 Å². The molecule has 6 heteroatoms. The largest absolute Gasteiger partial charge is 0.461 e. The number of rotatable bonds is 8. The van der Waals surface area contributed by atoms with E-state index in [0.29, 0.717) is 13.1 Å². The minimum atomic E-state index is -0.636. The number of hydrogen-bond acceptors (Lipinski definition) is 5. The molecule has 6 nitrogen and oxygen atoms in total. The summed E-state index contributed by atoms with van der Waals surface area (Å²) < 4.78 is 5.30. The van der Waals surface area contributed by atoms with Crippen molar-refractivity contribution in [1.29, 1.82) is 0 Å². The van der Waals surface area contributed by atoms with Crippen molar-refractivity contribution in [3.8, 4) is 0 Å². The van der Waals surface area contributed by atoms with E-state index in [9.17, 15) is 14.4 Å². The van der Waals surface area contributed by atoms with Crippen LogP contribution in [0.4, 0.5) is 0 Å². The molecule has 2 rings (SSSR count). The number of esters is 1. The summed E-state index contributed by atoms with van der Waals surface area (Å²) in [6.07, 6.45) is 0.0715. The van der Waals surface area contributed by atoms with Gasteiger partial charge in [0.2, 0.25) is 11.8 Å². The number of ether oxygens (including phenoxy) is 1. The van der Waals surface area contributed by atoms with Gasteiger partial charge in [-0.15, -0.1) is 0 Å². The standard InChI is InChI=1S/C19H26N2O4/c1-13(2)20-9-10-21-17(22)11-16(18(21)23)14(3)19(24)25-12-15-7-5-4-6-8-15/h4-8,13-14,16,20H,9-12H2,1-3H3. The molecule has 1 N–H and O–H groups in total. The molecule has 0 aromatic heterocycles. The summed E-state index contributed by atoms with van der Waals surface area (Å²) in [5.74, 6) is -2.21. The van der Waals surface area contributed by atoms with Crippen LogP contribution in [0.15, 0.2) is 30.3 Å². The lowest BCUT2D eigenvalue weighted by Gasteiger charge is -2.19. The second-order valence-electron chi connectivity index (χ2n) is 6.69. The maximum atomic E-state index is 12.5. The third-order valence-electron chi connectivity index (χ3n) is 4.37. The van der Waals surface area contributed by atoms with E-state index in [2.05, 4.69) is 5.32 Å². The van der Waals surface area contributed by atoms with Crippen LogP contribution in [0.2, 0.25) is 0 Å². The molecule has 0 saturated carbocycles. The Morgan fingerprint density at radius 3 is 2.56 bits per heavy atom. The Labute approximate surface area is 148 Å². The van der Waals surface area contributed by atoms with Crippen molar-refractivity contribution in [3.63, 3.8) is 0 Å². The normalized spacial score (nSPS) is 18.7.